The Kier molecular flexibility index (Phi) is 6.15. The lowest BCUT2D eigenvalue weighted by molar-refractivity contribution is -0.137. The Morgan fingerprint density at radius 2 is 2.26 bits per heavy atom. The number of carbonyl (C=O) groups excluding carboxylic acids is 1. The minimum Gasteiger partial charge on any atom is -0.489 e. The van der Waals surface area contributed by atoms with Crippen LogP contribution in [0.5, 0.6) is 5.75 Å². The van der Waals surface area contributed by atoms with E-state index in [1.54, 1.807) is 19.1 Å². The van der Waals surface area contributed by atoms with Crippen molar-refractivity contribution in [1.82, 2.24) is 0 Å². The third kappa shape index (κ3) is 5.25. The number of oxime groups is 1. The number of aryl methyl sites for hydroxylation is 1. The van der Waals surface area contributed by atoms with Gasteiger partial charge in [0.2, 0.25) is 0 Å². The maximum Gasteiger partial charge on any atom is 0.330 e. The first-order valence-electron chi connectivity index (χ1n) is 5.91. The van der Waals surface area contributed by atoms with E-state index in [1.165, 1.54) is 12.3 Å². The first-order chi connectivity index (χ1) is 9.17. The fourth-order valence-electron chi connectivity index (χ4n) is 1.44. The van der Waals surface area contributed by atoms with E-state index in [1.807, 2.05) is 19.1 Å². The molecule has 1 rings (SSSR count). The number of hydrogen-bond acceptors (Lipinski definition) is 5. The van der Waals surface area contributed by atoms with Crippen LogP contribution in [0.3, 0.4) is 0 Å². The smallest absolute Gasteiger partial charge is 0.330 e. The summed E-state index contributed by atoms with van der Waals surface area (Å²) in [6.07, 6.45) is 4.19. The van der Waals surface area contributed by atoms with E-state index in [0.29, 0.717) is 17.9 Å². The van der Waals surface area contributed by atoms with Crippen LogP contribution in [0.15, 0.2) is 35.5 Å². The van der Waals surface area contributed by atoms with Gasteiger partial charge in [-0.1, -0.05) is 16.8 Å². The van der Waals surface area contributed by atoms with Crippen LogP contribution in [-0.4, -0.2) is 30.6 Å². The van der Waals surface area contributed by atoms with E-state index in [0.717, 1.165) is 5.56 Å². The summed E-state index contributed by atoms with van der Waals surface area (Å²) >= 11 is 0. The van der Waals surface area contributed by atoms with E-state index >= 15 is 0 Å². The van der Waals surface area contributed by atoms with Gasteiger partial charge in [0.05, 0.1) is 12.8 Å². The predicted octanol–water partition coefficient (Wildman–Crippen LogP) is 2.30. The molecule has 0 radical (unpaired) electrons. The maximum absolute atomic E-state index is 11.0. The van der Waals surface area contributed by atoms with Gasteiger partial charge >= 0.3 is 5.97 Å². The fourth-order valence-corrected chi connectivity index (χ4v) is 1.44. The highest BCUT2D eigenvalue weighted by Crippen LogP contribution is 2.18. The Morgan fingerprint density at radius 1 is 1.47 bits per heavy atom. The molecule has 1 N–H and O–H groups in total. The van der Waals surface area contributed by atoms with Crippen molar-refractivity contribution >= 4 is 12.2 Å². The molecule has 0 bridgehead atoms. The van der Waals surface area contributed by atoms with Crippen LogP contribution in [0.25, 0.3) is 0 Å². The Morgan fingerprint density at radius 3 is 2.95 bits per heavy atom. The zero-order chi connectivity index (χ0) is 14.1. The third-order valence-corrected chi connectivity index (χ3v) is 2.24. The molecular weight excluding hydrogens is 246 g/mol. The number of ether oxygens (including phenoxy) is 2. The van der Waals surface area contributed by atoms with Crippen molar-refractivity contribution < 1.29 is 19.5 Å². The average Bonchev–Trinajstić information content (AvgIpc) is 2.37. The van der Waals surface area contributed by atoms with Gasteiger partial charge in [-0.3, -0.25) is 0 Å². The molecule has 0 aromatic heterocycles. The Bertz CT molecular complexity index is 480. The van der Waals surface area contributed by atoms with Crippen molar-refractivity contribution in [2.75, 3.05) is 13.2 Å². The zero-order valence-electron chi connectivity index (χ0n) is 11.0. The molecule has 102 valence electrons. The highest BCUT2D eigenvalue weighted by molar-refractivity contribution is 5.83. The molecule has 19 heavy (non-hydrogen) atoms. The highest BCUT2D eigenvalue weighted by atomic mass is 16.5. The lowest BCUT2D eigenvalue weighted by atomic mass is 10.1. The summed E-state index contributed by atoms with van der Waals surface area (Å²) in [4.78, 5) is 11.0. The van der Waals surface area contributed by atoms with Crippen molar-refractivity contribution in [3.05, 3.63) is 41.5 Å². The molecule has 5 heteroatoms. The fraction of sp³-hybridized carbons (Fsp3) is 0.286. The lowest BCUT2D eigenvalue weighted by Gasteiger charge is -2.07. The van der Waals surface area contributed by atoms with Gasteiger partial charge in [0.15, 0.2) is 0 Å². The lowest BCUT2D eigenvalue weighted by Crippen LogP contribution is -2.02. The van der Waals surface area contributed by atoms with Crippen molar-refractivity contribution in [2.45, 2.75) is 13.8 Å². The first-order valence-corrected chi connectivity index (χ1v) is 5.91. The summed E-state index contributed by atoms with van der Waals surface area (Å²) in [6.45, 7) is 4.25. The number of rotatable bonds is 6. The van der Waals surface area contributed by atoms with Gasteiger partial charge in [0, 0.05) is 11.6 Å². The predicted molar refractivity (Wildman–Crippen MR) is 71.8 cm³/mol. The van der Waals surface area contributed by atoms with Crippen LogP contribution in [0.4, 0.5) is 0 Å². The molecule has 0 fully saturated rings. The molecule has 0 aliphatic heterocycles. The molecule has 1 aromatic carbocycles. The van der Waals surface area contributed by atoms with Crippen LogP contribution in [0.1, 0.15) is 18.1 Å². The summed E-state index contributed by atoms with van der Waals surface area (Å²) < 4.78 is 10.2. The van der Waals surface area contributed by atoms with Gasteiger partial charge in [0.1, 0.15) is 12.4 Å². The van der Waals surface area contributed by atoms with E-state index in [4.69, 9.17) is 14.7 Å². The topological polar surface area (TPSA) is 68.1 Å². The Balaban J connectivity index is 2.60. The summed E-state index contributed by atoms with van der Waals surface area (Å²) in [5, 5.41) is 11.6. The number of hydrogen-bond donors (Lipinski definition) is 1. The number of esters is 1. The SMILES string of the molecule is CCOC(=O)/C=C/COc1ccc(C)cc1/C=N/O. The van der Waals surface area contributed by atoms with Crippen LogP contribution in [0.2, 0.25) is 0 Å². The molecule has 1 aromatic rings. The normalized spacial score (nSPS) is 11.1. The summed E-state index contributed by atoms with van der Waals surface area (Å²) in [6, 6.07) is 5.51. The quantitative estimate of drug-likeness (QED) is 0.281. The standard InChI is InChI=1S/C14H17NO4/c1-3-18-14(16)5-4-8-19-13-7-6-11(2)9-12(13)10-15-17/h4-7,9-10,17H,3,8H2,1-2H3/b5-4+,15-10+. The minimum absolute atomic E-state index is 0.230. The van der Waals surface area contributed by atoms with Gasteiger partial charge in [0.25, 0.3) is 0 Å². The number of nitrogens with zero attached hydrogens (tertiary/aromatic N) is 1. The minimum atomic E-state index is -0.396. The molecule has 0 unspecified atom stereocenters. The van der Waals surface area contributed by atoms with Crippen molar-refractivity contribution in [2.24, 2.45) is 5.16 Å². The second-order valence-electron chi connectivity index (χ2n) is 3.75. The number of benzene rings is 1. The second-order valence-corrected chi connectivity index (χ2v) is 3.75. The van der Waals surface area contributed by atoms with Gasteiger partial charge in [-0.05, 0) is 32.1 Å². The van der Waals surface area contributed by atoms with Crippen molar-refractivity contribution in [3.63, 3.8) is 0 Å². The average molecular weight is 263 g/mol. The number of carbonyl (C=O) groups is 1. The monoisotopic (exact) mass is 263 g/mol. The molecule has 0 saturated carbocycles. The molecule has 0 atom stereocenters. The van der Waals surface area contributed by atoms with Crippen LogP contribution >= 0.6 is 0 Å². The zero-order valence-corrected chi connectivity index (χ0v) is 11.0. The summed E-state index contributed by atoms with van der Waals surface area (Å²) in [5.41, 5.74) is 1.70. The summed E-state index contributed by atoms with van der Waals surface area (Å²) in [5.74, 6) is 0.184. The molecule has 0 aliphatic rings. The second kappa shape index (κ2) is 7.92. The maximum atomic E-state index is 11.0. The van der Waals surface area contributed by atoms with E-state index in [-0.39, 0.29) is 6.61 Å². The van der Waals surface area contributed by atoms with E-state index in [2.05, 4.69) is 5.16 Å². The largest absolute Gasteiger partial charge is 0.489 e. The van der Waals surface area contributed by atoms with Gasteiger partial charge in [-0.25, -0.2) is 4.79 Å². The van der Waals surface area contributed by atoms with Crippen LogP contribution in [0, 0.1) is 6.92 Å². The van der Waals surface area contributed by atoms with E-state index < -0.39 is 5.97 Å². The van der Waals surface area contributed by atoms with Gasteiger partial charge < -0.3 is 14.7 Å². The van der Waals surface area contributed by atoms with Gasteiger partial charge in [-0.15, -0.1) is 0 Å². The van der Waals surface area contributed by atoms with Crippen molar-refractivity contribution in [1.29, 1.82) is 0 Å². The molecular formula is C14H17NO4. The molecule has 5 nitrogen and oxygen atoms in total. The molecule has 0 spiro atoms. The van der Waals surface area contributed by atoms with E-state index in [9.17, 15) is 4.79 Å². The van der Waals surface area contributed by atoms with Crippen LogP contribution in [-0.2, 0) is 9.53 Å². The molecule has 0 aliphatic carbocycles. The third-order valence-electron chi connectivity index (χ3n) is 2.24. The summed E-state index contributed by atoms with van der Waals surface area (Å²) in [7, 11) is 0. The Hall–Kier alpha value is -2.30. The highest BCUT2D eigenvalue weighted by Gasteiger charge is 2.01. The van der Waals surface area contributed by atoms with Crippen molar-refractivity contribution in [3.8, 4) is 5.75 Å². The van der Waals surface area contributed by atoms with Gasteiger partial charge in [-0.2, -0.15) is 0 Å². The Labute approximate surface area is 112 Å². The molecule has 0 amide bonds. The molecule has 0 heterocycles. The first kappa shape index (κ1) is 14.8. The van der Waals surface area contributed by atoms with Crippen LogP contribution < -0.4 is 4.74 Å². The molecule has 0 saturated heterocycles.